The Morgan fingerprint density at radius 1 is 0.794 bits per heavy atom. The van der Waals surface area contributed by atoms with Crippen molar-refractivity contribution in [2.45, 2.75) is 18.8 Å². The van der Waals surface area contributed by atoms with Crippen molar-refractivity contribution < 1.29 is 24.2 Å². The fraction of sp³-hybridized carbons (Fsp3) is 0.222. The van der Waals surface area contributed by atoms with E-state index in [2.05, 4.69) is 34.9 Å². The minimum absolute atomic E-state index is 0.0207. The molecule has 0 heterocycles. The van der Waals surface area contributed by atoms with Crippen molar-refractivity contribution in [2.24, 2.45) is 0 Å². The lowest BCUT2D eigenvalue weighted by molar-refractivity contribution is -0.136. The van der Waals surface area contributed by atoms with E-state index in [1.807, 2.05) is 36.4 Å². The molecule has 7 nitrogen and oxygen atoms in total. The molecule has 0 fully saturated rings. The fourth-order valence-electron chi connectivity index (χ4n) is 4.17. The third-order valence-electron chi connectivity index (χ3n) is 5.87. The lowest BCUT2D eigenvalue weighted by Crippen LogP contribution is -2.28. The second-order valence-corrected chi connectivity index (χ2v) is 8.10. The minimum Gasteiger partial charge on any atom is -0.481 e. The standard InChI is InChI=1S/C27H26N2O5/c30-25(31)14-16-28-26(32)19-11-9-18(10-12-19)13-15-29-27(33)34-17-24-22-7-3-1-5-20(22)21-6-2-4-8-23(21)24/h1-12,24H,13-17H2,(H,28,32)(H,29,33)(H,30,31). The lowest BCUT2D eigenvalue weighted by Gasteiger charge is -2.14. The number of amides is 2. The van der Waals surface area contributed by atoms with Gasteiger partial charge in [0, 0.05) is 24.6 Å². The Bertz CT molecular complexity index is 1140. The van der Waals surface area contributed by atoms with Gasteiger partial charge in [0.1, 0.15) is 6.61 Å². The first-order valence-electron chi connectivity index (χ1n) is 11.2. The zero-order valence-electron chi connectivity index (χ0n) is 18.6. The molecule has 0 bridgehead atoms. The van der Waals surface area contributed by atoms with E-state index < -0.39 is 12.1 Å². The van der Waals surface area contributed by atoms with Crippen LogP contribution in [0.4, 0.5) is 4.79 Å². The molecule has 34 heavy (non-hydrogen) atoms. The van der Waals surface area contributed by atoms with Crippen LogP contribution < -0.4 is 10.6 Å². The SMILES string of the molecule is O=C(O)CCNC(=O)c1ccc(CCNC(=O)OCC2c3ccccc3-c3ccccc32)cc1. The Morgan fingerprint density at radius 3 is 2.03 bits per heavy atom. The average Bonchev–Trinajstić information content (AvgIpc) is 3.16. The number of aliphatic carboxylic acids is 1. The molecule has 7 heteroatoms. The van der Waals surface area contributed by atoms with Gasteiger partial charge in [-0.15, -0.1) is 0 Å². The number of nitrogens with one attached hydrogen (secondary N) is 2. The molecule has 2 amide bonds. The first kappa shape index (κ1) is 23.0. The van der Waals surface area contributed by atoms with Crippen LogP contribution in [0.5, 0.6) is 0 Å². The summed E-state index contributed by atoms with van der Waals surface area (Å²) >= 11 is 0. The van der Waals surface area contributed by atoms with Crippen LogP contribution in [0.3, 0.4) is 0 Å². The Labute approximate surface area is 197 Å². The molecule has 1 aliphatic carbocycles. The summed E-state index contributed by atoms with van der Waals surface area (Å²) in [6, 6.07) is 23.4. The molecule has 3 aromatic rings. The quantitative estimate of drug-likeness (QED) is 0.450. The third-order valence-corrected chi connectivity index (χ3v) is 5.87. The van der Waals surface area contributed by atoms with E-state index in [1.54, 1.807) is 12.1 Å². The molecule has 0 saturated heterocycles. The number of carbonyl (C=O) groups excluding carboxylic acids is 2. The van der Waals surface area contributed by atoms with Gasteiger partial charge in [-0.05, 0) is 46.4 Å². The number of carboxylic acid groups (broad SMARTS) is 1. The van der Waals surface area contributed by atoms with Gasteiger partial charge >= 0.3 is 12.1 Å². The maximum atomic E-state index is 12.3. The van der Waals surface area contributed by atoms with E-state index in [-0.39, 0.29) is 31.4 Å². The molecule has 0 atom stereocenters. The van der Waals surface area contributed by atoms with E-state index in [4.69, 9.17) is 9.84 Å². The highest BCUT2D eigenvalue weighted by molar-refractivity contribution is 5.94. The number of ether oxygens (including phenoxy) is 1. The summed E-state index contributed by atoms with van der Waals surface area (Å²) in [5, 5.41) is 14.0. The van der Waals surface area contributed by atoms with Gasteiger partial charge in [-0.25, -0.2) is 4.79 Å². The van der Waals surface area contributed by atoms with Crippen molar-refractivity contribution in [3.63, 3.8) is 0 Å². The first-order chi connectivity index (χ1) is 16.5. The van der Waals surface area contributed by atoms with Crippen LogP contribution in [0.1, 0.15) is 39.4 Å². The van der Waals surface area contributed by atoms with Gasteiger partial charge in [0.25, 0.3) is 5.91 Å². The second kappa shape index (κ2) is 10.7. The molecule has 0 aliphatic heterocycles. The summed E-state index contributed by atoms with van der Waals surface area (Å²) in [5.41, 5.74) is 6.13. The Kier molecular flexibility index (Phi) is 7.22. The van der Waals surface area contributed by atoms with Gasteiger partial charge in [0.2, 0.25) is 0 Å². The molecule has 3 aromatic carbocycles. The van der Waals surface area contributed by atoms with Crippen LogP contribution in [0.25, 0.3) is 11.1 Å². The molecule has 0 unspecified atom stereocenters. The number of carbonyl (C=O) groups is 3. The molecular weight excluding hydrogens is 432 g/mol. The molecule has 4 rings (SSSR count). The molecule has 0 saturated carbocycles. The van der Waals surface area contributed by atoms with Gasteiger partial charge in [-0.2, -0.15) is 0 Å². The fourth-order valence-corrected chi connectivity index (χ4v) is 4.17. The van der Waals surface area contributed by atoms with Gasteiger partial charge < -0.3 is 20.5 Å². The highest BCUT2D eigenvalue weighted by atomic mass is 16.5. The molecule has 174 valence electrons. The lowest BCUT2D eigenvalue weighted by atomic mass is 9.98. The highest BCUT2D eigenvalue weighted by Crippen LogP contribution is 2.44. The topological polar surface area (TPSA) is 105 Å². The highest BCUT2D eigenvalue weighted by Gasteiger charge is 2.28. The van der Waals surface area contributed by atoms with Crippen LogP contribution in [0, 0.1) is 0 Å². The van der Waals surface area contributed by atoms with E-state index in [0.717, 1.165) is 5.56 Å². The Hall–Kier alpha value is -4.13. The Morgan fingerprint density at radius 2 is 1.41 bits per heavy atom. The zero-order valence-corrected chi connectivity index (χ0v) is 18.6. The normalized spacial score (nSPS) is 11.9. The molecular formula is C27H26N2O5. The number of alkyl carbamates (subject to hydrolysis) is 1. The van der Waals surface area contributed by atoms with Gasteiger partial charge in [-0.3, -0.25) is 9.59 Å². The van der Waals surface area contributed by atoms with E-state index >= 15 is 0 Å². The van der Waals surface area contributed by atoms with Crippen molar-refractivity contribution in [1.29, 1.82) is 0 Å². The molecule has 1 aliphatic rings. The number of hydrogen-bond donors (Lipinski definition) is 3. The number of carboxylic acids is 1. The van der Waals surface area contributed by atoms with Crippen molar-refractivity contribution in [1.82, 2.24) is 10.6 Å². The summed E-state index contributed by atoms with van der Waals surface area (Å²) < 4.78 is 5.54. The summed E-state index contributed by atoms with van der Waals surface area (Å²) in [6.45, 7) is 0.756. The maximum absolute atomic E-state index is 12.3. The number of hydrogen-bond acceptors (Lipinski definition) is 4. The predicted molar refractivity (Wildman–Crippen MR) is 128 cm³/mol. The maximum Gasteiger partial charge on any atom is 0.407 e. The van der Waals surface area contributed by atoms with Crippen molar-refractivity contribution in [2.75, 3.05) is 19.7 Å². The van der Waals surface area contributed by atoms with Gasteiger partial charge in [0.05, 0.1) is 6.42 Å². The number of rotatable bonds is 9. The summed E-state index contributed by atoms with van der Waals surface area (Å²) in [6.07, 6.45) is 0.00695. The third kappa shape index (κ3) is 5.43. The van der Waals surface area contributed by atoms with E-state index in [0.29, 0.717) is 18.5 Å². The molecule has 0 spiro atoms. The van der Waals surface area contributed by atoms with Crippen LogP contribution in [-0.2, 0) is 16.0 Å². The van der Waals surface area contributed by atoms with Gasteiger partial charge in [0.15, 0.2) is 0 Å². The van der Waals surface area contributed by atoms with Crippen molar-refractivity contribution in [3.05, 3.63) is 95.1 Å². The molecule has 0 aromatic heterocycles. The predicted octanol–water partition coefficient (Wildman–Crippen LogP) is 3.97. The van der Waals surface area contributed by atoms with E-state index in [9.17, 15) is 14.4 Å². The first-order valence-corrected chi connectivity index (χ1v) is 11.2. The minimum atomic E-state index is -0.959. The zero-order chi connectivity index (χ0) is 23.9. The van der Waals surface area contributed by atoms with Gasteiger partial charge in [-0.1, -0.05) is 60.7 Å². The van der Waals surface area contributed by atoms with Crippen LogP contribution in [0.2, 0.25) is 0 Å². The number of fused-ring (bicyclic) bond motifs is 3. The summed E-state index contributed by atoms with van der Waals surface area (Å²) in [5.74, 6) is -1.25. The van der Waals surface area contributed by atoms with E-state index in [1.165, 1.54) is 22.3 Å². The van der Waals surface area contributed by atoms with Crippen LogP contribution in [0.15, 0.2) is 72.8 Å². The summed E-state index contributed by atoms with van der Waals surface area (Å²) in [4.78, 5) is 34.8. The van der Waals surface area contributed by atoms with Crippen molar-refractivity contribution >= 4 is 18.0 Å². The Balaban J connectivity index is 1.23. The average molecular weight is 459 g/mol. The second-order valence-electron chi connectivity index (χ2n) is 8.10. The van der Waals surface area contributed by atoms with Crippen LogP contribution in [-0.4, -0.2) is 42.8 Å². The smallest absolute Gasteiger partial charge is 0.407 e. The largest absolute Gasteiger partial charge is 0.481 e. The molecule has 0 radical (unpaired) electrons. The van der Waals surface area contributed by atoms with Crippen LogP contribution >= 0.6 is 0 Å². The monoisotopic (exact) mass is 458 g/mol. The molecule has 3 N–H and O–H groups in total. The van der Waals surface area contributed by atoms with Crippen molar-refractivity contribution in [3.8, 4) is 11.1 Å². The summed E-state index contributed by atoms with van der Waals surface area (Å²) in [7, 11) is 0. The number of benzene rings is 3.